The summed E-state index contributed by atoms with van der Waals surface area (Å²) in [7, 11) is 0. The third kappa shape index (κ3) is 5.28. The van der Waals surface area contributed by atoms with Gasteiger partial charge in [0.05, 0.1) is 12.6 Å². The van der Waals surface area contributed by atoms with Gasteiger partial charge in [-0.2, -0.15) is 0 Å². The van der Waals surface area contributed by atoms with Crippen LogP contribution in [0.4, 0.5) is 0 Å². The molecule has 0 aromatic heterocycles. The number of amides is 1. The van der Waals surface area contributed by atoms with Crippen LogP contribution in [0.5, 0.6) is 0 Å². The van der Waals surface area contributed by atoms with E-state index in [1.807, 2.05) is 32.6 Å². The maximum atomic E-state index is 12.2. The number of Topliss-reactive ketones (excluding diaryl/α,β-unsaturated/α-hetero) is 1. The van der Waals surface area contributed by atoms with Crippen molar-refractivity contribution in [2.75, 3.05) is 39.3 Å². The molecule has 0 bridgehead atoms. The van der Waals surface area contributed by atoms with Gasteiger partial charge in [0.15, 0.2) is 0 Å². The SMILES string of the molecule is CC(C)OCC(=O)N1CCC2(CCN(CC(=O)C(C)C)CC2)CC1. The van der Waals surface area contributed by atoms with E-state index in [1.165, 1.54) is 0 Å². The second kappa shape index (κ2) is 8.43. The smallest absolute Gasteiger partial charge is 0.248 e. The highest BCUT2D eigenvalue weighted by Crippen LogP contribution is 2.41. The molecule has 0 saturated carbocycles. The topological polar surface area (TPSA) is 49.9 Å². The normalized spacial score (nSPS) is 21.7. The number of nitrogens with zero attached hydrogens (tertiary/aromatic N) is 2. The van der Waals surface area contributed by atoms with Gasteiger partial charge in [-0.1, -0.05) is 13.8 Å². The first-order chi connectivity index (χ1) is 11.3. The van der Waals surface area contributed by atoms with E-state index in [0.29, 0.717) is 17.7 Å². The molecule has 138 valence electrons. The molecule has 5 heteroatoms. The Balaban J connectivity index is 1.74. The summed E-state index contributed by atoms with van der Waals surface area (Å²) >= 11 is 0. The Bertz CT molecular complexity index is 430. The lowest BCUT2D eigenvalue weighted by Gasteiger charge is -2.46. The zero-order valence-corrected chi connectivity index (χ0v) is 15.8. The van der Waals surface area contributed by atoms with Crippen LogP contribution in [0.15, 0.2) is 0 Å². The van der Waals surface area contributed by atoms with E-state index in [0.717, 1.165) is 51.9 Å². The summed E-state index contributed by atoms with van der Waals surface area (Å²) in [6, 6.07) is 0. The highest BCUT2D eigenvalue weighted by molar-refractivity contribution is 5.82. The Morgan fingerprint density at radius 3 is 2.00 bits per heavy atom. The summed E-state index contributed by atoms with van der Waals surface area (Å²) in [5.41, 5.74) is 0.382. The van der Waals surface area contributed by atoms with Gasteiger partial charge >= 0.3 is 0 Å². The fraction of sp³-hybridized carbons (Fsp3) is 0.895. The van der Waals surface area contributed by atoms with Crippen LogP contribution >= 0.6 is 0 Å². The number of carbonyl (C=O) groups is 2. The largest absolute Gasteiger partial charge is 0.369 e. The van der Waals surface area contributed by atoms with Crippen LogP contribution in [0.2, 0.25) is 0 Å². The average Bonchev–Trinajstić information content (AvgIpc) is 2.55. The number of likely N-dealkylation sites (tertiary alicyclic amines) is 2. The summed E-state index contributed by atoms with van der Waals surface area (Å²) in [5.74, 6) is 0.596. The summed E-state index contributed by atoms with van der Waals surface area (Å²) in [5, 5.41) is 0. The van der Waals surface area contributed by atoms with E-state index in [-0.39, 0.29) is 24.5 Å². The van der Waals surface area contributed by atoms with Gasteiger partial charge in [-0.05, 0) is 58.0 Å². The Hall–Kier alpha value is -0.940. The van der Waals surface area contributed by atoms with Crippen molar-refractivity contribution in [3.8, 4) is 0 Å². The minimum absolute atomic E-state index is 0.1000. The molecule has 0 N–H and O–H groups in total. The van der Waals surface area contributed by atoms with Gasteiger partial charge < -0.3 is 9.64 Å². The highest BCUT2D eigenvalue weighted by atomic mass is 16.5. The maximum Gasteiger partial charge on any atom is 0.248 e. The summed E-state index contributed by atoms with van der Waals surface area (Å²) in [4.78, 5) is 28.3. The molecule has 0 aliphatic carbocycles. The molecule has 2 saturated heterocycles. The molecule has 2 aliphatic heterocycles. The first kappa shape index (κ1) is 19.4. The van der Waals surface area contributed by atoms with Gasteiger partial charge in [0.25, 0.3) is 0 Å². The Labute approximate surface area is 146 Å². The zero-order valence-electron chi connectivity index (χ0n) is 15.8. The van der Waals surface area contributed by atoms with Gasteiger partial charge in [0.2, 0.25) is 5.91 Å². The van der Waals surface area contributed by atoms with Crippen LogP contribution < -0.4 is 0 Å². The zero-order chi connectivity index (χ0) is 17.7. The molecule has 24 heavy (non-hydrogen) atoms. The van der Waals surface area contributed by atoms with E-state index in [2.05, 4.69) is 4.90 Å². The van der Waals surface area contributed by atoms with Crippen molar-refractivity contribution in [3.05, 3.63) is 0 Å². The maximum absolute atomic E-state index is 12.2. The molecule has 2 fully saturated rings. The van der Waals surface area contributed by atoms with Crippen LogP contribution in [-0.4, -0.2) is 66.9 Å². The molecule has 2 rings (SSSR count). The Morgan fingerprint density at radius 1 is 0.958 bits per heavy atom. The van der Waals surface area contributed by atoms with Crippen molar-refractivity contribution in [3.63, 3.8) is 0 Å². The van der Waals surface area contributed by atoms with E-state index in [4.69, 9.17) is 4.74 Å². The molecular formula is C19H34N2O3. The Morgan fingerprint density at radius 2 is 1.50 bits per heavy atom. The molecule has 1 amide bonds. The van der Waals surface area contributed by atoms with Crippen molar-refractivity contribution in [1.29, 1.82) is 0 Å². The fourth-order valence-electron chi connectivity index (χ4n) is 3.65. The summed E-state index contributed by atoms with van der Waals surface area (Å²) < 4.78 is 5.43. The lowest BCUT2D eigenvalue weighted by Crippen LogP contribution is -2.49. The number of piperidine rings is 2. The number of ketones is 1. The Kier molecular flexibility index (Phi) is 6.81. The molecule has 1 spiro atoms. The fourth-order valence-corrected chi connectivity index (χ4v) is 3.65. The van der Waals surface area contributed by atoms with Crippen molar-refractivity contribution in [2.24, 2.45) is 11.3 Å². The van der Waals surface area contributed by atoms with Crippen molar-refractivity contribution < 1.29 is 14.3 Å². The number of ether oxygens (including phenoxy) is 1. The average molecular weight is 338 g/mol. The molecule has 0 atom stereocenters. The van der Waals surface area contributed by atoms with Crippen LogP contribution in [0.25, 0.3) is 0 Å². The van der Waals surface area contributed by atoms with Crippen molar-refractivity contribution in [2.45, 2.75) is 59.5 Å². The van der Waals surface area contributed by atoms with Crippen LogP contribution in [0.3, 0.4) is 0 Å². The van der Waals surface area contributed by atoms with Crippen molar-refractivity contribution in [1.82, 2.24) is 9.80 Å². The monoisotopic (exact) mass is 338 g/mol. The molecule has 0 aromatic carbocycles. The van der Waals surface area contributed by atoms with Gasteiger partial charge in [-0.25, -0.2) is 0 Å². The minimum atomic E-state index is 0.1000. The summed E-state index contributed by atoms with van der Waals surface area (Å²) in [6.45, 7) is 12.4. The number of rotatable bonds is 6. The van der Waals surface area contributed by atoms with Gasteiger partial charge in [-0.3, -0.25) is 14.5 Å². The minimum Gasteiger partial charge on any atom is -0.369 e. The summed E-state index contributed by atoms with van der Waals surface area (Å²) in [6.07, 6.45) is 4.59. The third-order valence-electron chi connectivity index (χ3n) is 5.66. The molecule has 2 aliphatic rings. The van der Waals surface area contributed by atoms with Crippen LogP contribution in [-0.2, 0) is 14.3 Å². The number of hydrogen-bond acceptors (Lipinski definition) is 4. The van der Waals surface area contributed by atoms with Gasteiger partial charge in [-0.15, -0.1) is 0 Å². The standard InChI is InChI=1S/C19H34N2O3/c1-15(2)17(22)13-20-9-5-19(6-10-20)7-11-21(12-8-19)18(23)14-24-16(3)4/h15-16H,5-14H2,1-4H3. The lowest BCUT2D eigenvalue weighted by molar-refractivity contribution is -0.140. The highest BCUT2D eigenvalue weighted by Gasteiger charge is 2.38. The first-order valence-corrected chi connectivity index (χ1v) is 9.46. The first-order valence-electron chi connectivity index (χ1n) is 9.46. The van der Waals surface area contributed by atoms with E-state index in [1.54, 1.807) is 0 Å². The molecule has 0 radical (unpaired) electrons. The molecule has 0 aromatic rings. The van der Waals surface area contributed by atoms with Crippen LogP contribution in [0.1, 0.15) is 53.4 Å². The van der Waals surface area contributed by atoms with E-state index in [9.17, 15) is 9.59 Å². The second-order valence-corrected chi connectivity index (χ2v) is 8.14. The molecular weight excluding hydrogens is 304 g/mol. The predicted octanol–water partition coefficient (Wildman–Crippen LogP) is 2.34. The quantitative estimate of drug-likeness (QED) is 0.746. The van der Waals surface area contributed by atoms with E-state index < -0.39 is 0 Å². The van der Waals surface area contributed by atoms with Crippen LogP contribution in [0, 0.1) is 11.3 Å². The molecule has 2 heterocycles. The molecule has 0 unspecified atom stereocenters. The third-order valence-corrected chi connectivity index (χ3v) is 5.66. The van der Waals surface area contributed by atoms with Gasteiger partial charge in [0.1, 0.15) is 12.4 Å². The van der Waals surface area contributed by atoms with E-state index >= 15 is 0 Å². The lowest BCUT2D eigenvalue weighted by atomic mass is 9.71. The number of hydrogen-bond donors (Lipinski definition) is 0. The molecule has 5 nitrogen and oxygen atoms in total. The van der Waals surface area contributed by atoms with Gasteiger partial charge in [0, 0.05) is 19.0 Å². The number of carbonyl (C=O) groups excluding carboxylic acids is 2. The predicted molar refractivity (Wildman–Crippen MR) is 94.9 cm³/mol. The second-order valence-electron chi connectivity index (χ2n) is 8.14. The van der Waals surface area contributed by atoms with Crippen molar-refractivity contribution >= 4 is 11.7 Å².